The fourth-order valence-electron chi connectivity index (χ4n) is 5.46. The minimum absolute atomic E-state index is 0.0408. The van der Waals surface area contributed by atoms with Gasteiger partial charge in [0.25, 0.3) is 0 Å². The third kappa shape index (κ3) is 3.31. The summed E-state index contributed by atoms with van der Waals surface area (Å²) >= 11 is 0. The van der Waals surface area contributed by atoms with E-state index in [4.69, 9.17) is 0 Å². The molecule has 0 unspecified atom stereocenters. The molecule has 4 rings (SSSR count). The molecule has 0 amide bonds. The molecule has 1 aromatic heterocycles. The Bertz CT molecular complexity index is 817. The quantitative estimate of drug-likeness (QED) is 0.715. The molecule has 0 aliphatic carbocycles. The summed E-state index contributed by atoms with van der Waals surface area (Å²) in [6.07, 6.45) is 4.00. The van der Waals surface area contributed by atoms with Crippen LogP contribution in [0.4, 0.5) is 0 Å². The van der Waals surface area contributed by atoms with Crippen LogP contribution in [0.3, 0.4) is 0 Å². The highest BCUT2D eigenvalue weighted by Gasteiger charge is 2.41. The van der Waals surface area contributed by atoms with Crippen LogP contribution in [-0.4, -0.2) is 46.5 Å². The van der Waals surface area contributed by atoms with Crippen molar-refractivity contribution < 1.29 is 0 Å². The number of likely N-dealkylation sites (tertiary alicyclic amines) is 2. The lowest BCUT2D eigenvalue weighted by atomic mass is 9.77. The Balaban J connectivity index is 1.51. The van der Waals surface area contributed by atoms with Crippen LogP contribution in [0.25, 0.3) is 10.9 Å². The van der Waals surface area contributed by atoms with Crippen molar-refractivity contribution in [1.29, 1.82) is 0 Å². The fraction of sp³-hybridized carbons (Fsp3) is 0.680. The summed E-state index contributed by atoms with van der Waals surface area (Å²) in [6.45, 7) is 19.3. The van der Waals surface area contributed by atoms with E-state index in [2.05, 4.69) is 80.6 Å². The monoisotopic (exact) mass is 381 g/mol. The minimum Gasteiger partial charge on any atom is -0.357 e. The molecular weight excluding hydrogens is 342 g/mol. The first-order valence-corrected chi connectivity index (χ1v) is 11.3. The van der Waals surface area contributed by atoms with E-state index >= 15 is 0 Å². The predicted octanol–water partition coefficient (Wildman–Crippen LogP) is 5.72. The first-order valence-electron chi connectivity index (χ1n) is 11.3. The van der Waals surface area contributed by atoms with Crippen LogP contribution >= 0.6 is 0 Å². The molecule has 0 saturated carbocycles. The van der Waals surface area contributed by atoms with E-state index in [0.717, 1.165) is 5.92 Å². The van der Waals surface area contributed by atoms with E-state index in [1.54, 1.807) is 0 Å². The molecule has 1 N–H and O–H groups in total. The Morgan fingerprint density at radius 1 is 0.964 bits per heavy atom. The Hall–Kier alpha value is -1.32. The molecule has 154 valence electrons. The molecular formula is C25H39N3. The number of aromatic nitrogens is 1. The van der Waals surface area contributed by atoms with Gasteiger partial charge in [-0.25, -0.2) is 0 Å². The number of hydrogen-bond donors (Lipinski definition) is 1. The standard InChI is InChI=1S/C25H39N3/c1-18(2)21-10-7-9-19-17-22(26-23(19)21)25(5,6)28-15-11-20(12-16-28)24(3,4)27-13-8-14-27/h7,9-10,17-18,20,26H,8,11-16H2,1-6H3. The van der Waals surface area contributed by atoms with Gasteiger partial charge in [-0.05, 0) is 96.6 Å². The largest absolute Gasteiger partial charge is 0.357 e. The average molecular weight is 382 g/mol. The highest BCUT2D eigenvalue weighted by atomic mass is 15.3. The molecule has 2 aliphatic rings. The highest BCUT2D eigenvalue weighted by molar-refractivity contribution is 5.84. The molecule has 0 atom stereocenters. The Labute approximate surface area is 171 Å². The summed E-state index contributed by atoms with van der Waals surface area (Å²) in [4.78, 5) is 9.21. The van der Waals surface area contributed by atoms with Crippen LogP contribution in [0.5, 0.6) is 0 Å². The maximum atomic E-state index is 3.81. The zero-order valence-electron chi connectivity index (χ0n) is 18.8. The van der Waals surface area contributed by atoms with Gasteiger partial charge in [0.05, 0.1) is 5.54 Å². The van der Waals surface area contributed by atoms with E-state index in [0.29, 0.717) is 11.5 Å². The number of rotatable bonds is 5. The Morgan fingerprint density at radius 2 is 1.64 bits per heavy atom. The van der Waals surface area contributed by atoms with Crippen LogP contribution in [0.1, 0.15) is 78.0 Å². The summed E-state index contributed by atoms with van der Waals surface area (Å²) in [7, 11) is 0. The van der Waals surface area contributed by atoms with E-state index in [1.807, 2.05) is 0 Å². The van der Waals surface area contributed by atoms with Crippen molar-refractivity contribution in [1.82, 2.24) is 14.8 Å². The molecule has 3 heterocycles. The summed E-state index contributed by atoms with van der Waals surface area (Å²) in [6, 6.07) is 9.10. The Morgan fingerprint density at radius 3 is 2.21 bits per heavy atom. The van der Waals surface area contributed by atoms with Crippen LogP contribution in [0.2, 0.25) is 0 Å². The third-order valence-corrected chi connectivity index (χ3v) is 7.93. The molecule has 0 spiro atoms. The third-order valence-electron chi connectivity index (χ3n) is 7.93. The normalized spacial score (nSPS) is 20.8. The number of fused-ring (bicyclic) bond motifs is 1. The summed E-state index contributed by atoms with van der Waals surface area (Å²) in [5, 5.41) is 1.35. The van der Waals surface area contributed by atoms with E-state index in [1.165, 1.54) is 67.6 Å². The van der Waals surface area contributed by atoms with Gasteiger partial charge in [0.15, 0.2) is 0 Å². The maximum Gasteiger partial charge on any atom is 0.0554 e. The molecule has 0 bridgehead atoms. The first-order chi connectivity index (χ1) is 13.2. The molecule has 1 aromatic carbocycles. The van der Waals surface area contributed by atoms with Gasteiger partial charge in [-0.3, -0.25) is 9.80 Å². The van der Waals surface area contributed by atoms with Gasteiger partial charge in [0, 0.05) is 22.1 Å². The molecule has 2 fully saturated rings. The molecule has 2 saturated heterocycles. The molecule has 3 heteroatoms. The van der Waals surface area contributed by atoms with Crippen molar-refractivity contribution in [3.63, 3.8) is 0 Å². The zero-order chi connectivity index (χ0) is 20.1. The van der Waals surface area contributed by atoms with Gasteiger partial charge >= 0.3 is 0 Å². The van der Waals surface area contributed by atoms with E-state index in [9.17, 15) is 0 Å². The smallest absolute Gasteiger partial charge is 0.0554 e. The van der Waals surface area contributed by atoms with Crippen LogP contribution in [0.15, 0.2) is 24.3 Å². The van der Waals surface area contributed by atoms with Crippen LogP contribution in [-0.2, 0) is 5.54 Å². The van der Waals surface area contributed by atoms with Crippen LogP contribution < -0.4 is 0 Å². The van der Waals surface area contributed by atoms with Gasteiger partial charge in [-0.15, -0.1) is 0 Å². The SMILES string of the molecule is CC(C)c1cccc2cc(C(C)(C)N3CCC(C(C)(C)N4CCC4)CC3)[nH]c12. The zero-order valence-corrected chi connectivity index (χ0v) is 18.8. The van der Waals surface area contributed by atoms with Crippen molar-refractivity contribution in [2.75, 3.05) is 26.2 Å². The number of aromatic amines is 1. The molecule has 3 nitrogen and oxygen atoms in total. The van der Waals surface area contributed by atoms with Gasteiger partial charge in [-0.1, -0.05) is 32.0 Å². The van der Waals surface area contributed by atoms with Crippen LogP contribution in [0, 0.1) is 5.92 Å². The van der Waals surface area contributed by atoms with E-state index in [-0.39, 0.29) is 5.54 Å². The van der Waals surface area contributed by atoms with Gasteiger partial charge < -0.3 is 4.98 Å². The number of nitrogens with one attached hydrogen (secondary N) is 1. The number of nitrogens with zero attached hydrogens (tertiary/aromatic N) is 2. The highest BCUT2D eigenvalue weighted by Crippen LogP contribution is 2.39. The van der Waals surface area contributed by atoms with Crippen molar-refractivity contribution in [3.05, 3.63) is 35.5 Å². The molecule has 28 heavy (non-hydrogen) atoms. The first kappa shape index (κ1) is 20.0. The van der Waals surface area contributed by atoms with Crippen molar-refractivity contribution >= 4 is 10.9 Å². The number of para-hydroxylation sites is 1. The van der Waals surface area contributed by atoms with Crippen molar-refractivity contribution in [2.24, 2.45) is 5.92 Å². The number of benzene rings is 1. The number of piperidine rings is 1. The molecule has 2 aliphatic heterocycles. The van der Waals surface area contributed by atoms with Gasteiger partial charge in [-0.2, -0.15) is 0 Å². The number of H-pyrrole nitrogens is 1. The summed E-state index contributed by atoms with van der Waals surface area (Å²) in [5.74, 6) is 1.35. The maximum absolute atomic E-state index is 3.81. The molecule has 0 radical (unpaired) electrons. The van der Waals surface area contributed by atoms with Gasteiger partial charge in [0.1, 0.15) is 0 Å². The summed E-state index contributed by atoms with van der Waals surface area (Å²) in [5.41, 5.74) is 4.51. The predicted molar refractivity (Wildman–Crippen MR) is 120 cm³/mol. The second-order valence-electron chi connectivity index (χ2n) is 10.5. The molecule has 2 aromatic rings. The minimum atomic E-state index is 0.0408. The van der Waals surface area contributed by atoms with Crippen molar-refractivity contribution in [2.45, 2.75) is 77.8 Å². The fourth-order valence-corrected chi connectivity index (χ4v) is 5.46. The van der Waals surface area contributed by atoms with Crippen molar-refractivity contribution in [3.8, 4) is 0 Å². The summed E-state index contributed by atoms with van der Waals surface area (Å²) < 4.78 is 0. The second-order valence-corrected chi connectivity index (χ2v) is 10.5. The lowest BCUT2D eigenvalue weighted by molar-refractivity contribution is -0.0272. The lowest BCUT2D eigenvalue weighted by Crippen LogP contribution is -2.58. The lowest BCUT2D eigenvalue weighted by Gasteiger charge is -2.52. The number of hydrogen-bond acceptors (Lipinski definition) is 2. The second kappa shape index (κ2) is 7.18. The average Bonchev–Trinajstić information content (AvgIpc) is 3.04. The van der Waals surface area contributed by atoms with E-state index < -0.39 is 0 Å². The van der Waals surface area contributed by atoms with Gasteiger partial charge in [0.2, 0.25) is 0 Å². The Kier molecular flexibility index (Phi) is 5.12. The topological polar surface area (TPSA) is 22.3 Å².